The van der Waals surface area contributed by atoms with Gasteiger partial charge in [0.1, 0.15) is 13.2 Å². The van der Waals surface area contributed by atoms with Crippen molar-refractivity contribution in [3.63, 3.8) is 0 Å². The summed E-state index contributed by atoms with van der Waals surface area (Å²) in [5, 5.41) is 0. The summed E-state index contributed by atoms with van der Waals surface area (Å²) in [6, 6.07) is 0. The minimum Gasteiger partial charge on any atom is -0.462 e. The molecular weight excluding hydrogens is 769 g/mol. The molecule has 0 saturated carbocycles. The normalized spacial score (nSPS) is 12.5. The Balaban J connectivity index is 4.26. The Labute approximate surface area is 387 Å². The van der Waals surface area contributed by atoms with Gasteiger partial charge in [0.2, 0.25) is 0 Å². The van der Waals surface area contributed by atoms with Gasteiger partial charge >= 0.3 is 17.9 Å². The summed E-state index contributed by atoms with van der Waals surface area (Å²) in [5.74, 6) is 0.818. The van der Waals surface area contributed by atoms with Gasteiger partial charge in [0, 0.05) is 19.3 Å². The van der Waals surface area contributed by atoms with E-state index < -0.39 is 6.10 Å². The lowest BCUT2D eigenvalue weighted by Crippen LogP contribution is -2.30. The predicted molar refractivity (Wildman–Crippen MR) is 266 cm³/mol. The number of hydrogen-bond donors (Lipinski definition) is 0. The molecule has 0 radical (unpaired) electrons. The quantitative estimate of drug-likeness (QED) is 0.0344. The van der Waals surface area contributed by atoms with Crippen molar-refractivity contribution in [2.24, 2.45) is 11.8 Å². The fourth-order valence-corrected chi connectivity index (χ4v) is 8.49. The molecule has 0 saturated heterocycles. The van der Waals surface area contributed by atoms with Gasteiger partial charge in [-0.2, -0.15) is 0 Å². The highest BCUT2D eigenvalue weighted by Crippen LogP contribution is 2.18. The van der Waals surface area contributed by atoms with Crippen LogP contribution in [0.3, 0.4) is 0 Å². The zero-order valence-corrected chi connectivity index (χ0v) is 42.5. The van der Waals surface area contributed by atoms with Crippen molar-refractivity contribution in [3.8, 4) is 0 Å². The third kappa shape index (κ3) is 47.9. The highest BCUT2D eigenvalue weighted by Gasteiger charge is 2.19. The summed E-state index contributed by atoms with van der Waals surface area (Å²) < 4.78 is 16.8. The minimum absolute atomic E-state index is 0.0637. The summed E-state index contributed by atoms with van der Waals surface area (Å²) in [6.45, 7) is 11.4. The SMILES string of the molecule is CCCCCCCCCCCCCCCCCCCCCC(=O)OC[C@@H](COC(=O)CCCCCCCCCCC(C)CC)OC(=O)CCCCCCCCCCCCC(C)C. The number of carbonyl (C=O) groups excluding carboxylic acids is 3. The van der Waals surface area contributed by atoms with Crippen LogP contribution >= 0.6 is 0 Å². The van der Waals surface area contributed by atoms with Crippen molar-refractivity contribution in [2.45, 2.75) is 317 Å². The molecule has 0 aromatic heterocycles. The van der Waals surface area contributed by atoms with Gasteiger partial charge in [-0.25, -0.2) is 0 Å². The fraction of sp³-hybridized carbons (Fsp3) is 0.946. The Morgan fingerprint density at radius 3 is 0.919 bits per heavy atom. The monoisotopic (exact) mass is 877 g/mol. The molecule has 0 aromatic carbocycles. The topological polar surface area (TPSA) is 78.9 Å². The highest BCUT2D eigenvalue weighted by atomic mass is 16.6. The highest BCUT2D eigenvalue weighted by molar-refractivity contribution is 5.71. The molecule has 2 atom stereocenters. The smallest absolute Gasteiger partial charge is 0.306 e. The number of carbonyl (C=O) groups is 3. The number of rotatable bonds is 50. The van der Waals surface area contributed by atoms with E-state index in [0.717, 1.165) is 69.6 Å². The first-order valence-corrected chi connectivity index (χ1v) is 27.8. The van der Waals surface area contributed by atoms with Gasteiger partial charge in [-0.1, -0.05) is 272 Å². The maximum atomic E-state index is 12.8. The van der Waals surface area contributed by atoms with Crippen molar-refractivity contribution in [1.29, 1.82) is 0 Å². The molecule has 1 unspecified atom stereocenters. The molecule has 0 aromatic rings. The Bertz CT molecular complexity index is 949. The molecule has 0 rings (SSSR count). The van der Waals surface area contributed by atoms with Crippen LogP contribution in [0.5, 0.6) is 0 Å². The molecule has 0 bridgehead atoms. The molecule has 368 valence electrons. The first kappa shape index (κ1) is 60.4. The molecular formula is C56H108O6. The third-order valence-corrected chi connectivity index (χ3v) is 13.1. The lowest BCUT2D eigenvalue weighted by molar-refractivity contribution is -0.167. The zero-order valence-electron chi connectivity index (χ0n) is 42.5. The van der Waals surface area contributed by atoms with Crippen LogP contribution in [0.4, 0.5) is 0 Å². The largest absolute Gasteiger partial charge is 0.462 e. The average Bonchev–Trinajstić information content (AvgIpc) is 3.26. The van der Waals surface area contributed by atoms with Gasteiger partial charge in [0.25, 0.3) is 0 Å². The van der Waals surface area contributed by atoms with E-state index in [9.17, 15) is 14.4 Å². The Morgan fingerprint density at radius 1 is 0.339 bits per heavy atom. The molecule has 6 heteroatoms. The van der Waals surface area contributed by atoms with E-state index in [4.69, 9.17) is 14.2 Å². The standard InChI is InChI=1S/C56H108O6/c1-6-8-9-10-11-12-13-14-15-16-17-18-19-20-21-25-31-36-41-46-54(57)60-49-53(50-61-55(58)47-42-37-32-28-27-30-35-40-45-52(5)7-2)62-56(59)48-43-38-33-26-23-22-24-29-34-39-44-51(3)4/h51-53H,6-50H2,1-5H3/t52?,53-/m0/s1. The third-order valence-electron chi connectivity index (χ3n) is 13.1. The lowest BCUT2D eigenvalue weighted by atomic mass is 9.99. The first-order valence-electron chi connectivity index (χ1n) is 27.8. The van der Waals surface area contributed by atoms with Crippen molar-refractivity contribution in [2.75, 3.05) is 13.2 Å². The number of unbranched alkanes of at least 4 members (excludes halogenated alkanes) is 34. The fourth-order valence-electron chi connectivity index (χ4n) is 8.49. The van der Waals surface area contributed by atoms with Crippen LogP contribution < -0.4 is 0 Å². The van der Waals surface area contributed by atoms with E-state index in [1.54, 1.807) is 0 Å². The molecule has 62 heavy (non-hydrogen) atoms. The van der Waals surface area contributed by atoms with Crippen molar-refractivity contribution >= 4 is 17.9 Å². The van der Waals surface area contributed by atoms with E-state index in [1.165, 1.54) is 199 Å². The predicted octanol–water partition coefficient (Wildman–Crippen LogP) is 18.1. The van der Waals surface area contributed by atoms with Crippen LogP contribution in [0.25, 0.3) is 0 Å². The molecule has 0 spiro atoms. The van der Waals surface area contributed by atoms with Gasteiger partial charge in [-0.15, -0.1) is 0 Å². The van der Waals surface area contributed by atoms with E-state index in [2.05, 4.69) is 34.6 Å². The van der Waals surface area contributed by atoms with Crippen LogP contribution in [0.2, 0.25) is 0 Å². The van der Waals surface area contributed by atoms with Gasteiger partial charge in [-0.3, -0.25) is 14.4 Å². The van der Waals surface area contributed by atoms with E-state index >= 15 is 0 Å². The van der Waals surface area contributed by atoms with Crippen LogP contribution in [0.1, 0.15) is 311 Å². The maximum Gasteiger partial charge on any atom is 0.306 e. The van der Waals surface area contributed by atoms with Gasteiger partial charge in [0.15, 0.2) is 6.10 Å². The van der Waals surface area contributed by atoms with Gasteiger partial charge in [0.05, 0.1) is 0 Å². The molecule has 0 heterocycles. The molecule has 0 N–H and O–H groups in total. The number of ether oxygens (including phenoxy) is 3. The van der Waals surface area contributed by atoms with E-state index in [0.29, 0.717) is 19.3 Å². The Morgan fingerprint density at radius 2 is 0.613 bits per heavy atom. The number of esters is 3. The van der Waals surface area contributed by atoms with Gasteiger partial charge in [-0.05, 0) is 31.1 Å². The van der Waals surface area contributed by atoms with Crippen LogP contribution in [0.15, 0.2) is 0 Å². The Kier molecular flexibility index (Phi) is 47.6. The van der Waals surface area contributed by atoms with E-state index in [-0.39, 0.29) is 31.1 Å². The second kappa shape index (κ2) is 48.9. The summed E-state index contributed by atoms with van der Waals surface area (Å²) >= 11 is 0. The summed E-state index contributed by atoms with van der Waals surface area (Å²) in [5.41, 5.74) is 0. The molecule has 0 fully saturated rings. The molecule has 0 amide bonds. The second-order valence-electron chi connectivity index (χ2n) is 19.9. The summed E-state index contributed by atoms with van der Waals surface area (Å²) in [7, 11) is 0. The van der Waals surface area contributed by atoms with Crippen LogP contribution in [-0.4, -0.2) is 37.2 Å². The molecule has 0 aliphatic rings. The van der Waals surface area contributed by atoms with Crippen molar-refractivity contribution in [1.82, 2.24) is 0 Å². The molecule has 0 aliphatic carbocycles. The molecule has 6 nitrogen and oxygen atoms in total. The Hall–Kier alpha value is -1.59. The van der Waals surface area contributed by atoms with Gasteiger partial charge < -0.3 is 14.2 Å². The van der Waals surface area contributed by atoms with Crippen molar-refractivity contribution in [3.05, 3.63) is 0 Å². The average molecular weight is 877 g/mol. The molecule has 0 aliphatic heterocycles. The van der Waals surface area contributed by atoms with Crippen LogP contribution in [0, 0.1) is 11.8 Å². The number of hydrogen-bond acceptors (Lipinski definition) is 6. The van der Waals surface area contributed by atoms with Crippen molar-refractivity contribution < 1.29 is 28.6 Å². The first-order chi connectivity index (χ1) is 30.3. The summed E-state index contributed by atoms with van der Waals surface area (Å²) in [4.78, 5) is 38.0. The van der Waals surface area contributed by atoms with E-state index in [1.807, 2.05) is 0 Å². The minimum atomic E-state index is -0.763. The summed E-state index contributed by atoms with van der Waals surface area (Å²) in [6.07, 6.45) is 50.9. The van der Waals surface area contributed by atoms with Crippen LogP contribution in [-0.2, 0) is 28.6 Å². The maximum absolute atomic E-state index is 12.8. The lowest BCUT2D eigenvalue weighted by Gasteiger charge is -2.18. The second-order valence-corrected chi connectivity index (χ2v) is 19.9. The zero-order chi connectivity index (χ0) is 45.4.